The number of halogens is 3. The van der Waals surface area contributed by atoms with E-state index in [2.05, 4.69) is 30.7 Å². The van der Waals surface area contributed by atoms with Crippen molar-refractivity contribution in [1.29, 1.82) is 0 Å². The third-order valence-corrected chi connectivity index (χ3v) is 4.17. The molecule has 3 rings (SSSR count). The Kier molecular flexibility index (Phi) is 6.32. The van der Waals surface area contributed by atoms with Crippen molar-refractivity contribution in [2.24, 2.45) is 4.99 Å². The first kappa shape index (κ1) is 19.9. The first-order valence-corrected chi connectivity index (χ1v) is 9.03. The van der Waals surface area contributed by atoms with E-state index >= 15 is 0 Å². The zero-order valence-corrected chi connectivity index (χ0v) is 15.4. The van der Waals surface area contributed by atoms with Crippen LogP contribution in [0.1, 0.15) is 24.7 Å². The van der Waals surface area contributed by atoms with Crippen LogP contribution in [-0.4, -0.2) is 51.4 Å². The van der Waals surface area contributed by atoms with Gasteiger partial charge in [0.15, 0.2) is 5.96 Å². The second-order valence-electron chi connectivity index (χ2n) is 6.23. The van der Waals surface area contributed by atoms with E-state index in [-0.39, 0.29) is 18.5 Å². The molecular formula is C17H22F3N7O. The normalized spacial score (nSPS) is 17.1. The standard InChI is InChI=1S/C17H22F3N7O/c1-2-21-16(26-13-4-5-14-24-11-25-27(14)10-13)22-7-8-28-15-6-3-12(9-23-15)17(18,19)20/h3,6,9,11,13H,2,4-5,7-8,10H2,1H3,(H2,21,22,26). The monoisotopic (exact) mass is 397 g/mol. The number of nitrogens with one attached hydrogen (secondary N) is 2. The summed E-state index contributed by atoms with van der Waals surface area (Å²) in [5, 5.41) is 10.7. The zero-order chi connectivity index (χ0) is 20.0. The first-order valence-electron chi connectivity index (χ1n) is 9.03. The van der Waals surface area contributed by atoms with E-state index in [0.29, 0.717) is 25.6 Å². The quantitative estimate of drug-likeness (QED) is 0.438. The van der Waals surface area contributed by atoms with Crippen LogP contribution in [0.4, 0.5) is 13.2 Å². The third kappa shape index (κ3) is 5.33. The van der Waals surface area contributed by atoms with Crippen molar-refractivity contribution in [2.45, 2.75) is 38.5 Å². The maximum absolute atomic E-state index is 12.5. The number of hydrogen-bond donors (Lipinski definition) is 2. The minimum atomic E-state index is -4.41. The lowest BCUT2D eigenvalue weighted by Crippen LogP contribution is -2.47. The molecular weight excluding hydrogens is 375 g/mol. The number of guanidine groups is 1. The molecule has 2 aromatic rings. The van der Waals surface area contributed by atoms with Gasteiger partial charge < -0.3 is 15.4 Å². The molecule has 0 bridgehead atoms. The average Bonchev–Trinajstić information content (AvgIpc) is 3.13. The van der Waals surface area contributed by atoms with Crippen molar-refractivity contribution in [1.82, 2.24) is 30.4 Å². The Morgan fingerprint density at radius 1 is 1.36 bits per heavy atom. The Balaban J connectivity index is 1.48. The van der Waals surface area contributed by atoms with Gasteiger partial charge in [0.05, 0.1) is 18.7 Å². The fourth-order valence-electron chi connectivity index (χ4n) is 2.81. The number of aryl methyl sites for hydroxylation is 1. The second-order valence-corrected chi connectivity index (χ2v) is 6.23. The molecule has 152 valence electrons. The van der Waals surface area contributed by atoms with Crippen molar-refractivity contribution >= 4 is 5.96 Å². The van der Waals surface area contributed by atoms with E-state index in [1.807, 2.05) is 11.6 Å². The predicted octanol–water partition coefficient (Wildman–Crippen LogP) is 1.64. The molecule has 0 aromatic carbocycles. The van der Waals surface area contributed by atoms with Gasteiger partial charge in [-0.3, -0.25) is 0 Å². The second kappa shape index (κ2) is 8.89. The summed E-state index contributed by atoms with van der Waals surface area (Å²) in [4.78, 5) is 12.3. The number of pyridine rings is 1. The van der Waals surface area contributed by atoms with Crippen LogP contribution in [0.25, 0.3) is 0 Å². The zero-order valence-electron chi connectivity index (χ0n) is 15.4. The Morgan fingerprint density at radius 2 is 2.21 bits per heavy atom. The highest BCUT2D eigenvalue weighted by Gasteiger charge is 2.30. The molecule has 3 heterocycles. The number of rotatable bonds is 6. The predicted molar refractivity (Wildman–Crippen MR) is 96.0 cm³/mol. The van der Waals surface area contributed by atoms with Crippen molar-refractivity contribution in [2.75, 3.05) is 19.7 Å². The molecule has 11 heteroatoms. The average molecular weight is 397 g/mol. The molecule has 1 aliphatic heterocycles. The number of hydrogen-bond acceptors (Lipinski definition) is 5. The molecule has 28 heavy (non-hydrogen) atoms. The molecule has 1 unspecified atom stereocenters. The third-order valence-electron chi connectivity index (χ3n) is 4.17. The molecule has 8 nitrogen and oxygen atoms in total. The molecule has 0 saturated heterocycles. The molecule has 0 amide bonds. The highest BCUT2D eigenvalue weighted by Crippen LogP contribution is 2.29. The van der Waals surface area contributed by atoms with Gasteiger partial charge in [-0.25, -0.2) is 19.6 Å². The minimum Gasteiger partial charge on any atom is -0.476 e. The summed E-state index contributed by atoms with van der Waals surface area (Å²) in [6.45, 7) is 3.92. The van der Waals surface area contributed by atoms with E-state index in [9.17, 15) is 13.2 Å². The fraction of sp³-hybridized carbons (Fsp3) is 0.529. The van der Waals surface area contributed by atoms with Crippen molar-refractivity contribution in [3.05, 3.63) is 36.0 Å². The Bertz CT molecular complexity index is 789. The van der Waals surface area contributed by atoms with Gasteiger partial charge in [-0.15, -0.1) is 0 Å². The smallest absolute Gasteiger partial charge is 0.417 e. The summed E-state index contributed by atoms with van der Waals surface area (Å²) in [6, 6.07) is 2.33. The summed E-state index contributed by atoms with van der Waals surface area (Å²) >= 11 is 0. The molecule has 0 fully saturated rings. The maximum atomic E-state index is 12.5. The molecule has 2 aromatic heterocycles. The summed E-state index contributed by atoms with van der Waals surface area (Å²) in [6.07, 6.45) is -0.321. The minimum absolute atomic E-state index is 0.132. The summed E-state index contributed by atoms with van der Waals surface area (Å²) in [5.74, 6) is 1.77. The van der Waals surface area contributed by atoms with Crippen LogP contribution in [0.15, 0.2) is 29.6 Å². The van der Waals surface area contributed by atoms with Crippen LogP contribution in [-0.2, 0) is 19.1 Å². The molecule has 1 atom stereocenters. The summed E-state index contributed by atoms with van der Waals surface area (Å²) in [7, 11) is 0. The lowest BCUT2D eigenvalue weighted by Gasteiger charge is -2.25. The van der Waals surface area contributed by atoms with Crippen molar-refractivity contribution < 1.29 is 17.9 Å². The number of nitrogens with zero attached hydrogens (tertiary/aromatic N) is 5. The Morgan fingerprint density at radius 3 is 2.93 bits per heavy atom. The lowest BCUT2D eigenvalue weighted by molar-refractivity contribution is -0.137. The van der Waals surface area contributed by atoms with Crippen LogP contribution in [0, 0.1) is 0 Å². The summed E-state index contributed by atoms with van der Waals surface area (Å²) < 4.78 is 44.8. The molecule has 1 aliphatic rings. The van der Waals surface area contributed by atoms with Crippen LogP contribution < -0.4 is 15.4 Å². The van der Waals surface area contributed by atoms with Gasteiger partial charge in [0, 0.05) is 31.3 Å². The highest BCUT2D eigenvalue weighted by atomic mass is 19.4. The van der Waals surface area contributed by atoms with Crippen LogP contribution >= 0.6 is 0 Å². The van der Waals surface area contributed by atoms with Gasteiger partial charge in [0.2, 0.25) is 5.88 Å². The topological polar surface area (TPSA) is 89.2 Å². The first-order chi connectivity index (χ1) is 13.5. The summed E-state index contributed by atoms with van der Waals surface area (Å²) in [5.41, 5.74) is -0.806. The van der Waals surface area contributed by atoms with Gasteiger partial charge >= 0.3 is 6.18 Å². The lowest BCUT2D eigenvalue weighted by atomic mass is 10.1. The van der Waals surface area contributed by atoms with Gasteiger partial charge in [0.25, 0.3) is 0 Å². The van der Waals surface area contributed by atoms with Gasteiger partial charge in [-0.1, -0.05) is 0 Å². The van der Waals surface area contributed by atoms with E-state index < -0.39 is 11.7 Å². The van der Waals surface area contributed by atoms with Crippen LogP contribution in [0.2, 0.25) is 0 Å². The molecule has 0 spiro atoms. The number of aliphatic imine (C=N–C) groups is 1. The van der Waals surface area contributed by atoms with Crippen molar-refractivity contribution in [3.63, 3.8) is 0 Å². The van der Waals surface area contributed by atoms with E-state index in [1.165, 1.54) is 6.07 Å². The maximum Gasteiger partial charge on any atom is 0.417 e. The van der Waals surface area contributed by atoms with E-state index in [1.54, 1.807) is 6.33 Å². The number of alkyl halides is 3. The number of ether oxygens (including phenoxy) is 1. The number of fused-ring (bicyclic) bond motifs is 1. The fourth-order valence-corrected chi connectivity index (χ4v) is 2.81. The Labute approximate surface area is 160 Å². The van der Waals surface area contributed by atoms with Gasteiger partial charge in [0.1, 0.15) is 18.8 Å². The van der Waals surface area contributed by atoms with Crippen LogP contribution in [0.5, 0.6) is 5.88 Å². The Hall–Kier alpha value is -2.85. The van der Waals surface area contributed by atoms with E-state index in [0.717, 1.165) is 30.9 Å². The molecule has 2 N–H and O–H groups in total. The molecule has 0 radical (unpaired) electrons. The van der Waals surface area contributed by atoms with Gasteiger partial charge in [-0.2, -0.15) is 18.3 Å². The molecule has 0 saturated carbocycles. The van der Waals surface area contributed by atoms with E-state index in [4.69, 9.17) is 4.74 Å². The van der Waals surface area contributed by atoms with Crippen molar-refractivity contribution in [3.8, 4) is 5.88 Å². The van der Waals surface area contributed by atoms with Gasteiger partial charge in [-0.05, 0) is 19.4 Å². The SMILES string of the molecule is CCNC(=NCCOc1ccc(C(F)(F)F)cn1)NC1CCc2ncnn2C1. The largest absolute Gasteiger partial charge is 0.476 e. The number of aromatic nitrogens is 4. The highest BCUT2D eigenvalue weighted by molar-refractivity contribution is 5.80. The van der Waals surface area contributed by atoms with Crippen LogP contribution in [0.3, 0.4) is 0 Å². The molecule has 0 aliphatic carbocycles.